The number of Topliss-reactive ketones (excluding diaryl/α,β-unsaturated/α-hetero) is 1. The Hall–Kier alpha value is -7.00. The maximum Gasteiger partial charge on any atom is 0.341 e. The van der Waals surface area contributed by atoms with E-state index in [1.165, 1.54) is 59.4 Å². The van der Waals surface area contributed by atoms with Gasteiger partial charge in [-0.15, -0.1) is 0 Å². The van der Waals surface area contributed by atoms with Crippen molar-refractivity contribution in [1.29, 1.82) is 0 Å². The van der Waals surface area contributed by atoms with Crippen LogP contribution >= 0.6 is 0 Å². The topological polar surface area (TPSA) is 276 Å². The first kappa shape index (κ1) is 54.3. The highest BCUT2D eigenvalue weighted by Crippen LogP contribution is 2.55. The van der Waals surface area contributed by atoms with Crippen LogP contribution < -0.4 is 25.7 Å². The van der Waals surface area contributed by atoms with Crippen LogP contribution in [0.4, 0.5) is 15.8 Å². The molecule has 20 heteroatoms. The van der Waals surface area contributed by atoms with Crippen molar-refractivity contribution in [2.75, 3.05) is 30.4 Å². The summed E-state index contributed by atoms with van der Waals surface area (Å²) in [5, 5.41) is 74.6. The first-order valence-corrected chi connectivity index (χ1v) is 25.1. The van der Waals surface area contributed by atoms with Crippen molar-refractivity contribution in [3.05, 3.63) is 92.8 Å². The number of carboxylic acids is 1. The molecule has 9 rings (SSSR count). The maximum atomic E-state index is 16.0. The number of carboxylic acid groups (broad SMARTS) is 1. The van der Waals surface area contributed by atoms with Crippen LogP contribution in [-0.4, -0.2) is 115 Å². The molecule has 1 saturated heterocycles. The fourth-order valence-corrected chi connectivity index (χ4v) is 10.8. The number of methoxy groups -OCH3 is 1. The standard InChI is InChI=1S/C55H65FN4O15/c1-24-11-10-12-25(2)53(69)58-43-34(21-57-31-15-17-59(22-31)38-20-37-33(19-36(38)56)47(65)35(54(70)71)23-60(37)32-13-14-32)48(66)40-41(49(43)67)46(64)29(6)51-42(40)52(68)55(8,75-51)73-18-16-39(72-9)26(3)50(74-30(7)61)28(5)45(63)27(4)44(24)62/h10-12,16,18-20,23-24,26-28,31-32,39,44-45,50,57,62-64,66-67H,13-15,17,21-22H2,1-9H3,(H,58,69)(H,70,71)/t24-,26+,27+,28+,31+,39-,44-,45+,50+,55-/m0/s1. The van der Waals surface area contributed by atoms with E-state index in [2.05, 4.69) is 10.6 Å². The zero-order valence-corrected chi connectivity index (χ0v) is 43.3. The van der Waals surface area contributed by atoms with E-state index in [4.69, 9.17) is 18.9 Å². The van der Waals surface area contributed by atoms with E-state index in [-0.39, 0.29) is 74.7 Å². The summed E-state index contributed by atoms with van der Waals surface area (Å²) in [5.74, 6) is -11.1. The largest absolute Gasteiger partial charge is 0.507 e. The molecule has 19 nitrogen and oxygen atoms in total. The number of benzene rings is 3. The lowest BCUT2D eigenvalue weighted by Crippen LogP contribution is -2.46. The number of aromatic nitrogens is 1. The number of carbonyl (C=O) groups is 4. The van der Waals surface area contributed by atoms with Gasteiger partial charge in [0.1, 0.15) is 34.7 Å². The fourth-order valence-electron chi connectivity index (χ4n) is 10.8. The third kappa shape index (κ3) is 10.0. The number of allylic oxidation sites excluding steroid dienone is 2. The number of ether oxygens (including phenoxy) is 4. The first-order chi connectivity index (χ1) is 35.4. The van der Waals surface area contributed by atoms with Gasteiger partial charge in [-0.2, -0.15) is 0 Å². The molecule has 8 N–H and O–H groups in total. The highest BCUT2D eigenvalue weighted by atomic mass is 19.1. The minimum Gasteiger partial charge on any atom is -0.507 e. The average Bonchev–Trinajstić information content (AvgIpc) is 4.05. The quantitative estimate of drug-likeness (QED) is 0.0524. The van der Waals surface area contributed by atoms with Crippen molar-refractivity contribution in [3.63, 3.8) is 0 Å². The number of esters is 1. The first-order valence-electron chi connectivity index (χ1n) is 25.1. The van der Waals surface area contributed by atoms with E-state index in [0.29, 0.717) is 18.5 Å². The second-order valence-corrected chi connectivity index (χ2v) is 20.6. The number of halogens is 1. The summed E-state index contributed by atoms with van der Waals surface area (Å²) in [6.45, 7) is 12.6. The Balaban J connectivity index is 1.18. The molecule has 0 spiro atoms. The zero-order valence-electron chi connectivity index (χ0n) is 43.3. The average molecular weight is 1040 g/mol. The Kier molecular flexibility index (Phi) is 15.2. The molecule has 1 aliphatic carbocycles. The number of hydrogen-bond acceptors (Lipinski definition) is 16. The van der Waals surface area contributed by atoms with Crippen molar-refractivity contribution >= 4 is 56.7 Å². The van der Waals surface area contributed by atoms with Crippen molar-refractivity contribution in [3.8, 4) is 23.0 Å². The lowest BCUT2D eigenvalue weighted by Gasteiger charge is -2.38. The van der Waals surface area contributed by atoms with Gasteiger partial charge in [-0.3, -0.25) is 19.2 Å². The normalized spacial score (nSPS) is 27.7. The molecule has 5 heterocycles. The van der Waals surface area contributed by atoms with E-state index in [1.54, 1.807) is 55.4 Å². The van der Waals surface area contributed by atoms with E-state index in [1.807, 2.05) is 0 Å². The monoisotopic (exact) mass is 1040 g/mol. The number of aromatic carboxylic acids is 1. The second-order valence-electron chi connectivity index (χ2n) is 20.6. The van der Waals surface area contributed by atoms with Crippen LogP contribution in [0, 0.1) is 36.4 Å². The van der Waals surface area contributed by atoms with Crippen LogP contribution in [0.5, 0.6) is 23.0 Å². The van der Waals surface area contributed by atoms with Crippen LogP contribution in [0.15, 0.2) is 59.3 Å². The minimum atomic E-state index is -2.12. The summed E-state index contributed by atoms with van der Waals surface area (Å²) in [4.78, 5) is 68.1. The number of anilines is 2. The van der Waals surface area contributed by atoms with Gasteiger partial charge in [0.2, 0.25) is 5.43 Å². The smallest absolute Gasteiger partial charge is 0.341 e. The fraction of sp³-hybridized carbons (Fsp3) is 0.473. The van der Waals surface area contributed by atoms with Gasteiger partial charge in [0, 0.05) is 110 Å². The molecule has 0 unspecified atom stereocenters. The Morgan fingerprint density at radius 3 is 2.31 bits per heavy atom. The third-order valence-electron chi connectivity index (χ3n) is 15.5. The van der Waals surface area contributed by atoms with Crippen molar-refractivity contribution in [2.45, 2.75) is 123 Å². The lowest BCUT2D eigenvalue weighted by molar-refractivity contribution is -0.160. The maximum absolute atomic E-state index is 16.0. The highest BCUT2D eigenvalue weighted by molar-refractivity contribution is 6.22. The van der Waals surface area contributed by atoms with Gasteiger partial charge in [-0.1, -0.05) is 45.9 Å². The number of phenolic OH excluding ortho intramolecular Hbond substituents is 3. The van der Waals surface area contributed by atoms with E-state index >= 15 is 4.39 Å². The molecule has 1 amide bonds. The van der Waals surface area contributed by atoms with E-state index < -0.39 is 118 Å². The van der Waals surface area contributed by atoms with Crippen LogP contribution in [0.25, 0.3) is 21.7 Å². The number of amides is 1. The van der Waals surface area contributed by atoms with Crippen LogP contribution in [0.2, 0.25) is 0 Å². The van der Waals surface area contributed by atoms with Crippen molar-refractivity contribution in [1.82, 2.24) is 9.88 Å². The molecule has 3 aromatic carbocycles. The predicted octanol–water partition coefficient (Wildman–Crippen LogP) is 6.61. The van der Waals surface area contributed by atoms with Crippen LogP contribution in [0.1, 0.15) is 106 Å². The summed E-state index contributed by atoms with van der Waals surface area (Å²) >= 11 is 0. The Morgan fingerprint density at radius 2 is 1.65 bits per heavy atom. The number of fused-ring (bicyclic) bond motifs is 15. The number of aliphatic hydroxyl groups excluding tert-OH is 2. The molecular weight excluding hydrogens is 976 g/mol. The molecule has 4 aromatic rings. The number of ketones is 1. The number of aliphatic hydroxyl groups is 2. The number of hydrogen-bond donors (Lipinski definition) is 8. The summed E-state index contributed by atoms with van der Waals surface area (Å²) in [5.41, 5.74) is -1.16. The van der Waals surface area contributed by atoms with Gasteiger partial charge in [-0.25, -0.2) is 9.18 Å². The Bertz CT molecular complexity index is 3150. The SMILES string of the molecule is CO[C@H]1C=CO[C@@]2(C)Oc3c(C)c(O)c4c(O)c(c(CN[C@@H]5CCN(c6cc7c(cc6F)c(=O)c(C(=O)O)cn7C6CC6)C5)c(O)c4c3C2=O)NC(=O)C(C)=CC=C[C@H](C)[C@H](O)[C@@H](C)[C@@H](O)[C@@H](C)[C@H](OC(C)=O)[C@@H]1C. The molecule has 5 aliphatic rings. The second kappa shape index (κ2) is 21.0. The number of nitrogens with zero attached hydrogens (tertiary/aromatic N) is 2. The molecule has 2 fully saturated rings. The molecule has 1 saturated carbocycles. The molecule has 4 aliphatic heterocycles. The molecule has 75 heavy (non-hydrogen) atoms. The third-order valence-corrected chi connectivity index (χ3v) is 15.5. The number of nitrogens with one attached hydrogen (secondary N) is 2. The number of phenols is 3. The van der Waals surface area contributed by atoms with Gasteiger partial charge in [-0.05, 0) is 51.3 Å². The van der Waals surface area contributed by atoms with Gasteiger partial charge in [0.05, 0.1) is 52.4 Å². The molecular formula is C55H65FN4O15. The number of rotatable bonds is 8. The van der Waals surface area contributed by atoms with Gasteiger partial charge in [0.15, 0.2) is 5.75 Å². The highest BCUT2D eigenvalue weighted by Gasteiger charge is 2.50. The summed E-state index contributed by atoms with van der Waals surface area (Å²) in [7, 11) is 1.41. The summed E-state index contributed by atoms with van der Waals surface area (Å²) in [6, 6.07) is 2.17. The van der Waals surface area contributed by atoms with Crippen molar-refractivity contribution in [2.24, 2.45) is 23.7 Å². The van der Waals surface area contributed by atoms with Gasteiger partial charge < -0.3 is 69.7 Å². The van der Waals surface area contributed by atoms with Gasteiger partial charge in [0.25, 0.3) is 11.7 Å². The number of aromatic hydroxyl groups is 3. The Morgan fingerprint density at radius 1 is 0.947 bits per heavy atom. The Labute approximate surface area is 431 Å². The van der Waals surface area contributed by atoms with Crippen LogP contribution in [0.3, 0.4) is 0 Å². The minimum absolute atomic E-state index is 0.000796. The van der Waals surface area contributed by atoms with E-state index in [0.717, 1.165) is 18.9 Å². The lowest BCUT2D eigenvalue weighted by atomic mass is 9.78. The molecule has 402 valence electrons. The molecule has 0 radical (unpaired) electrons. The number of carbonyl (C=O) groups excluding carboxylic acids is 3. The zero-order chi connectivity index (χ0) is 54.7. The molecule has 5 bridgehead atoms. The van der Waals surface area contributed by atoms with Gasteiger partial charge >= 0.3 is 17.7 Å². The summed E-state index contributed by atoms with van der Waals surface area (Å²) in [6.07, 6.45) is 6.50. The molecule has 10 atom stereocenters. The van der Waals surface area contributed by atoms with Crippen LogP contribution in [-0.2, 0) is 30.3 Å². The predicted molar refractivity (Wildman–Crippen MR) is 275 cm³/mol. The molecule has 1 aromatic heterocycles. The summed E-state index contributed by atoms with van der Waals surface area (Å²) < 4.78 is 41.5. The van der Waals surface area contributed by atoms with E-state index in [9.17, 15) is 54.6 Å². The van der Waals surface area contributed by atoms with Crippen molar-refractivity contribution < 1.29 is 73.2 Å². The number of pyridine rings is 1.